The highest BCUT2D eigenvalue weighted by Gasteiger charge is 2.27. The molecule has 2 fully saturated rings. The number of rotatable bonds is 4. The van der Waals surface area contributed by atoms with Crippen LogP contribution in [0, 0.1) is 11.3 Å². The van der Waals surface area contributed by atoms with E-state index in [-0.39, 0.29) is 0 Å². The Bertz CT molecular complexity index is 846. The Morgan fingerprint density at radius 2 is 2.00 bits per heavy atom. The van der Waals surface area contributed by atoms with Crippen molar-refractivity contribution >= 4 is 11.5 Å². The highest BCUT2D eigenvalue weighted by atomic mass is 16.5. The molecule has 1 aromatic heterocycles. The van der Waals surface area contributed by atoms with Crippen LogP contribution < -0.4 is 15.4 Å². The largest absolute Gasteiger partial charge is 0.495 e. The average molecular weight is 334 g/mol. The molecule has 128 valence electrons. The summed E-state index contributed by atoms with van der Waals surface area (Å²) in [5.41, 5.74) is 10.4. The molecule has 0 amide bonds. The second-order valence-electron chi connectivity index (χ2n) is 6.82. The van der Waals surface area contributed by atoms with Crippen molar-refractivity contribution in [2.45, 2.75) is 31.6 Å². The molecule has 1 aliphatic heterocycles. The molecule has 0 unspecified atom stereocenters. The molecule has 1 saturated heterocycles. The second-order valence-corrected chi connectivity index (χ2v) is 6.82. The van der Waals surface area contributed by atoms with Gasteiger partial charge in [0, 0.05) is 30.3 Å². The van der Waals surface area contributed by atoms with E-state index in [9.17, 15) is 5.26 Å². The van der Waals surface area contributed by atoms with Crippen molar-refractivity contribution in [3.8, 4) is 22.9 Å². The zero-order valence-corrected chi connectivity index (χ0v) is 14.5. The van der Waals surface area contributed by atoms with Gasteiger partial charge in [0.05, 0.1) is 12.8 Å². The van der Waals surface area contributed by atoms with Crippen LogP contribution in [0.5, 0.6) is 5.75 Å². The fourth-order valence-corrected chi connectivity index (χ4v) is 3.58. The van der Waals surface area contributed by atoms with Crippen molar-refractivity contribution in [2.24, 2.45) is 0 Å². The first-order valence-corrected chi connectivity index (χ1v) is 8.85. The van der Waals surface area contributed by atoms with Crippen LogP contribution in [0.1, 0.15) is 42.9 Å². The van der Waals surface area contributed by atoms with Crippen molar-refractivity contribution < 1.29 is 4.74 Å². The molecule has 25 heavy (non-hydrogen) atoms. The summed E-state index contributed by atoms with van der Waals surface area (Å²) >= 11 is 0. The Hall–Kier alpha value is -2.74. The SMILES string of the molecule is COc1cc(-c2cc(C3CC3)nc(N)c2C#N)ccc1N1CCCC1. The summed E-state index contributed by atoms with van der Waals surface area (Å²) in [6, 6.07) is 10.4. The average Bonchev–Trinajstić information content (AvgIpc) is 3.35. The molecule has 2 N–H and O–H groups in total. The lowest BCUT2D eigenvalue weighted by Crippen LogP contribution is -2.18. The number of nitrogens with zero attached hydrogens (tertiary/aromatic N) is 3. The molecule has 2 heterocycles. The van der Waals surface area contributed by atoms with Crippen LogP contribution in [-0.2, 0) is 0 Å². The lowest BCUT2D eigenvalue weighted by Gasteiger charge is -2.21. The summed E-state index contributed by atoms with van der Waals surface area (Å²) in [5, 5.41) is 9.55. The predicted octanol–water partition coefficient (Wildman–Crippen LogP) is 3.69. The zero-order valence-electron chi connectivity index (χ0n) is 14.5. The van der Waals surface area contributed by atoms with Crippen molar-refractivity contribution in [2.75, 3.05) is 30.8 Å². The summed E-state index contributed by atoms with van der Waals surface area (Å²) in [6.45, 7) is 2.13. The number of hydrogen-bond acceptors (Lipinski definition) is 5. The van der Waals surface area contributed by atoms with Crippen LogP contribution in [-0.4, -0.2) is 25.2 Å². The smallest absolute Gasteiger partial charge is 0.142 e. The molecule has 1 saturated carbocycles. The van der Waals surface area contributed by atoms with Gasteiger partial charge in [-0.1, -0.05) is 6.07 Å². The van der Waals surface area contributed by atoms with Gasteiger partial charge in [0.25, 0.3) is 0 Å². The number of hydrogen-bond donors (Lipinski definition) is 1. The number of ether oxygens (including phenoxy) is 1. The van der Waals surface area contributed by atoms with Crippen LogP contribution in [0.25, 0.3) is 11.1 Å². The molecule has 4 rings (SSSR count). The zero-order chi connectivity index (χ0) is 17.4. The molecule has 5 nitrogen and oxygen atoms in total. The summed E-state index contributed by atoms with van der Waals surface area (Å²) < 4.78 is 5.64. The number of nitriles is 1. The van der Waals surface area contributed by atoms with Crippen molar-refractivity contribution in [3.63, 3.8) is 0 Å². The lowest BCUT2D eigenvalue weighted by atomic mass is 9.98. The van der Waals surface area contributed by atoms with Crippen molar-refractivity contribution in [3.05, 3.63) is 35.5 Å². The van der Waals surface area contributed by atoms with Crippen LogP contribution in [0.15, 0.2) is 24.3 Å². The van der Waals surface area contributed by atoms with Gasteiger partial charge < -0.3 is 15.4 Å². The molecule has 0 atom stereocenters. The highest BCUT2D eigenvalue weighted by molar-refractivity contribution is 5.79. The molecule has 5 heteroatoms. The summed E-state index contributed by atoms with van der Waals surface area (Å²) in [5.74, 6) is 1.65. The molecule has 0 radical (unpaired) electrons. The molecule has 2 aliphatic rings. The number of methoxy groups -OCH3 is 1. The van der Waals surface area contributed by atoms with Crippen molar-refractivity contribution in [1.82, 2.24) is 4.98 Å². The van der Waals surface area contributed by atoms with Gasteiger partial charge in [0.15, 0.2) is 0 Å². The van der Waals surface area contributed by atoms with Gasteiger partial charge in [-0.2, -0.15) is 5.26 Å². The fraction of sp³-hybridized carbons (Fsp3) is 0.400. The van der Waals surface area contributed by atoms with E-state index in [1.165, 1.54) is 12.8 Å². The normalized spacial score (nSPS) is 16.7. The van der Waals surface area contributed by atoms with E-state index in [2.05, 4.69) is 28.1 Å². The van der Waals surface area contributed by atoms with Gasteiger partial charge in [-0.25, -0.2) is 4.98 Å². The third-order valence-corrected chi connectivity index (χ3v) is 5.11. The molecule has 0 bridgehead atoms. The maximum absolute atomic E-state index is 9.55. The van der Waals surface area contributed by atoms with E-state index >= 15 is 0 Å². The van der Waals surface area contributed by atoms with Gasteiger partial charge in [0.2, 0.25) is 0 Å². The Labute approximate surface area is 148 Å². The Balaban J connectivity index is 1.80. The maximum Gasteiger partial charge on any atom is 0.142 e. The summed E-state index contributed by atoms with van der Waals surface area (Å²) in [6.07, 6.45) is 4.73. The minimum atomic E-state index is 0.324. The number of aromatic nitrogens is 1. The topological polar surface area (TPSA) is 75.2 Å². The minimum absolute atomic E-state index is 0.324. The third-order valence-electron chi connectivity index (χ3n) is 5.11. The molecular weight excluding hydrogens is 312 g/mol. The van der Waals surface area contributed by atoms with E-state index in [0.717, 1.165) is 54.2 Å². The first-order chi connectivity index (χ1) is 12.2. The quantitative estimate of drug-likeness (QED) is 0.923. The third kappa shape index (κ3) is 2.89. The van der Waals surface area contributed by atoms with Crippen molar-refractivity contribution in [1.29, 1.82) is 5.26 Å². The number of benzene rings is 1. The monoisotopic (exact) mass is 334 g/mol. The second kappa shape index (κ2) is 6.29. The number of pyridine rings is 1. The maximum atomic E-state index is 9.55. The van der Waals surface area contributed by atoms with E-state index in [0.29, 0.717) is 17.3 Å². The van der Waals surface area contributed by atoms with Gasteiger partial charge in [-0.05, 0) is 49.4 Å². The molecule has 1 aliphatic carbocycles. The summed E-state index contributed by atoms with van der Waals surface area (Å²) in [7, 11) is 1.69. The predicted molar refractivity (Wildman–Crippen MR) is 98.8 cm³/mol. The fourth-order valence-electron chi connectivity index (χ4n) is 3.58. The van der Waals surface area contributed by atoms with Gasteiger partial charge in [0.1, 0.15) is 23.2 Å². The highest BCUT2D eigenvalue weighted by Crippen LogP contribution is 2.42. The van der Waals surface area contributed by atoms with E-state index in [4.69, 9.17) is 10.5 Å². The minimum Gasteiger partial charge on any atom is -0.495 e. The van der Waals surface area contributed by atoms with Crippen LogP contribution >= 0.6 is 0 Å². The first-order valence-electron chi connectivity index (χ1n) is 8.85. The van der Waals surface area contributed by atoms with Gasteiger partial charge in [-0.3, -0.25) is 0 Å². The standard InChI is InChI=1S/C20H22N4O/c1-25-19-10-14(6-7-18(19)24-8-2-3-9-24)15-11-17(13-4-5-13)23-20(22)16(15)12-21/h6-7,10-11,13H,2-5,8-9H2,1H3,(H2,22,23). The van der Waals surface area contributed by atoms with E-state index < -0.39 is 0 Å². The molecule has 2 aromatic rings. The van der Waals surface area contributed by atoms with Gasteiger partial charge in [-0.15, -0.1) is 0 Å². The Morgan fingerprint density at radius 1 is 1.24 bits per heavy atom. The first kappa shape index (κ1) is 15.8. The Kier molecular flexibility index (Phi) is 3.96. The number of nitrogen functional groups attached to an aromatic ring is 1. The molecule has 1 aromatic carbocycles. The summed E-state index contributed by atoms with van der Waals surface area (Å²) in [4.78, 5) is 6.78. The van der Waals surface area contributed by atoms with E-state index in [1.807, 2.05) is 12.1 Å². The number of nitrogens with two attached hydrogens (primary N) is 1. The van der Waals surface area contributed by atoms with Crippen LogP contribution in [0.3, 0.4) is 0 Å². The Morgan fingerprint density at radius 3 is 2.64 bits per heavy atom. The molecule has 0 spiro atoms. The lowest BCUT2D eigenvalue weighted by molar-refractivity contribution is 0.415. The number of anilines is 2. The van der Waals surface area contributed by atoms with Crippen LogP contribution in [0.4, 0.5) is 11.5 Å². The van der Waals surface area contributed by atoms with Gasteiger partial charge >= 0.3 is 0 Å². The van der Waals surface area contributed by atoms with Crippen LogP contribution in [0.2, 0.25) is 0 Å². The molecular formula is C20H22N4O. The van der Waals surface area contributed by atoms with E-state index in [1.54, 1.807) is 7.11 Å².